The molecule has 21 heavy (non-hydrogen) atoms. The molecule has 116 valence electrons. The molecule has 1 aromatic carbocycles. The lowest BCUT2D eigenvalue weighted by Gasteiger charge is -2.18. The summed E-state index contributed by atoms with van der Waals surface area (Å²) in [5, 5.41) is 0.662. The van der Waals surface area contributed by atoms with E-state index in [1.165, 1.54) is 0 Å². The normalized spacial score (nSPS) is 18.3. The number of epoxide rings is 1. The number of halogens is 1. The first-order valence-electron chi connectivity index (χ1n) is 7.28. The van der Waals surface area contributed by atoms with Gasteiger partial charge in [-0.15, -0.1) is 0 Å². The van der Waals surface area contributed by atoms with E-state index in [-0.39, 0.29) is 18.2 Å². The van der Waals surface area contributed by atoms with Crippen molar-refractivity contribution in [1.29, 1.82) is 0 Å². The number of hydrogen-bond donors (Lipinski definition) is 0. The van der Waals surface area contributed by atoms with E-state index in [1.54, 1.807) is 6.92 Å². The van der Waals surface area contributed by atoms with Crippen LogP contribution in [0, 0.1) is 0 Å². The van der Waals surface area contributed by atoms with E-state index in [4.69, 9.17) is 25.8 Å². The third-order valence-electron chi connectivity index (χ3n) is 3.41. The molecule has 1 saturated heterocycles. The molecule has 2 rings (SSSR count). The maximum Gasteiger partial charge on any atom is 0.306 e. The van der Waals surface area contributed by atoms with Gasteiger partial charge in [0.05, 0.1) is 25.9 Å². The van der Waals surface area contributed by atoms with Crippen molar-refractivity contribution in [2.45, 2.75) is 38.9 Å². The zero-order valence-corrected chi connectivity index (χ0v) is 13.2. The quantitative estimate of drug-likeness (QED) is 0.546. The lowest BCUT2D eigenvalue weighted by Crippen LogP contribution is -2.10. The zero-order valence-electron chi connectivity index (χ0n) is 12.4. The molecule has 2 atom stereocenters. The van der Waals surface area contributed by atoms with Crippen molar-refractivity contribution in [2.24, 2.45) is 0 Å². The summed E-state index contributed by atoms with van der Waals surface area (Å²) >= 11 is 6.28. The Labute approximate surface area is 130 Å². The number of carbonyl (C=O) groups is 1. The fourth-order valence-electron chi connectivity index (χ4n) is 2.19. The van der Waals surface area contributed by atoms with Gasteiger partial charge in [0.25, 0.3) is 0 Å². The molecule has 1 fully saturated rings. The molecule has 0 saturated carbocycles. The van der Waals surface area contributed by atoms with E-state index in [9.17, 15) is 4.79 Å². The van der Waals surface area contributed by atoms with Crippen LogP contribution in [-0.2, 0) is 25.4 Å². The molecule has 0 bridgehead atoms. The van der Waals surface area contributed by atoms with Gasteiger partial charge >= 0.3 is 5.97 Å². The summed E-state index contributed by atoms with van der Waals surface area (Å²) in [4.78, 5) is 11.5. The highest BCUT2D eigenvalue weighted by atomic mass is 35.5. The third kappa shape index (κ3) is 4.99. The molecule has 5 heteroatoms. The van der Waals surface area contributed by atoms with Crippen LogP contribution in [0.5, 0.6) is 0 Å². The molecule has 0 N–H and O–H groups in total. The van der Waals surface area contributed by atoms with Gasteiger partial charge < -0.3 is 14.2 Å². The molecule has 0 aromatic heterocycles. The van der Waals surface area contributed by atoms with Gasteiger partial charge in [0.1, 0.15) is 6.10 Å². The second-order valence-corrected chi connectivity index (χ2v) is 5.45. The Morgan fingerprint density at radius 2 is 2.29 bits per heavy atom. The van der Waals surface area contributed by atoms with Crippen LogP contribution in [0.25, 0.3) is 0 Å². The standard InChI is InChI=1S/C16H21ClO4/c1-3-19-16(18)8-7-14-13(5-4-6-15(14)17)11(2)20-9-12-10-21-12/h4-6,11-12H,3,7-10H2,1-2H3/t11-,12+/m1/s1. The number of esters is 1. The smallest absolute Gasteiger partial charge is 0.306 e. The molecule has 1 aliphatic heterocycles. The number of ether oxygens (including phenoxy) is 3. The van der Waals surface area contributed by atoms with E-state index in [2.05, 4.69) is 0 Å². The van der Waals surface area contributed by atoms with Crippen molar-refractivity contribution >= 4 is 17.6 Å². The minimum absolute atomic E-state index is 0.0786. The van der Waals surface area contributed by atoms with E-state index >= 15 is 0 Å². The lowest BCUT2D eigenvalue weighted by molar-refractivity contribution is -0.143. The fourth-order valence-corrected chi connectivity index (χ4v) is 2.46. The summed E-state index contributed by atoms with van der Waals surface area (Å²) in [6, 6.07) is 5.73. The average Bonchev–Trinajstić information content (AvgIpc) is 3.27. The van der Waals surface area contributed by atoms with Crippen LogP contribution < -0.4 is 0 Å². The molecular formula is C16H21ClO4. The highest BCUT2D eigenvalue weighted by molar-refractivity contribution is 6.31. The topological polar surface area (TPSA) is 48.1 Å². The van der Waals surface area contributed by atoms with Gasteiger partial charge in [0, 0.05) is 11.4 Å². The van der Waals surface area contributed by atoms with Gasteiger partial charge in [-0.2, -0.15) is 0 Å². The van der Waals surface area contributed by atoms with Crippen LogP contribution in [0.4, 0.5) is 0 Å². The number of benzene rings is 1. The van der Waals surface area contributed by atoms with Crippen molar-refractivity contribution in [3.05, 3.63) is 34.3 Å². The van der Waals surface area contributed by atoms with Gasteiger partial charge in [-0.25, -0.2) is 0 Å². The summed E-state index contributed by atoms with van der Waals surface area (Å²) < 4.78 is 15.9. The lowest BCUT2D eigenvalue weighted by atomic mass is 9.99. The van der Waals surface area contributed by atoms with Crippen molar-refractivity contribution in [1.82, 2.24) is 0 Å². The van der Waals surface area contributed by atoms with Gasteiger partial charge in [-0.3, -0.25) is 4.79 Å². The maximum absolute atomic E-state index is 11.5. The van der Waals surface area contributed by atoms with Crippen LogP contribution in [0.3, 0.4) is 0 Å². The Kier molecular flexibility index (Phi) is 6.03. The Morgan fingerprint density at radius 3 is 2.95 bits per heavy atom. The first-order valence-corrected chi connectivity index (χ1v) is 7.65. The van der Waals surface area contributed by atoms with Crippen molar-refractivity contribution in [3.8, 4) is 0 Å². The van der Waals surface area contributed by atoms with Crippen LogP contribution in [0.15, 0.2) is 18.2 Å². The minimum Gasteiger partial charge on any atom is -0.466 e. The Hall–Kier alpha value is -1.10. The van der Waals surface area contributed by atoms with Gasteiger partial charge in [-0.05, 0) is 37.5 Å². The number of rotatable bonds is 8. The highest BCUT2D eigenvalue weighted by Gasteiger charge is 2.24. The molecule has 0 unspecified atom stereocenters. The maximum atomic E-state index is 11.5. The fraction of sp³-hybridized carbons (Fsp3) is 0.562. The molecule has 0 radical (unpaired) electrons. The zero-order chi connectivity index (χ0) is 15.2. The van der Waals surface area contributed by atoms with Crippen LogP contribution in [-0.4, -0.2) is 31.9 Å². The largest absolute Gasteiger partial charge is 0.466 e. The monoisotopic (exact) mass is 312 g/mol. The predicted octanol–water partition coefficient (Wildman–Crippen LogP) is 3.31. The first kappa shape index (κ1) is 16.3. The van der Waals surface area contributed by atoms with Crippen LogP contribution >= 0.6 is 11.6 Å². The van der Waals surface area contributed by atoms with Gasteiger partial charge in [0.15, 0.2) is 0 Å². The molecule has 0 aliphatic carbocycles. The van der Waals surface area contributed by atoms with Crippen LogP contribution in [0.2, 0.25) is 5.02 Å². The van der Waals surface area contributed by atoms with Crippen molar-refractivity contribution in [2.75, 3.05) is 19.8 Å². The predicted molar refractivity (Wildman–Crippen MR) is 80.5 cm³/mol. The summed E-state index contributed by atoms with van der Waals surface area (Å²) in [6.07, 6.45) is 1.03. The average molecular weight is 313 g/mol. The van der Waals surface area contributed by atoms with Gasteiger partial charge in [0.2, 0.25) is 0 Å². The first-order chi connectivity index (χ1) is 10.1. The second kappa shape index (κ2) is 7.78. The summed E-state index contributed by atoms with van der Waals surface area (Å²) in [6.45, 7) is 5.55. The summed E-state index contributed by atoms with van der Waals surface area (Å²) in [5.41, 5.74) is 1.98. The highest BCUT2D eigenvalue weighted by Crippen LogP contribution is 2.29. The SMILES string of the molecule is CCOC(=O)CCc1c(Cl)cccc1[C@@H](C)OC[C@H]1CO1. The van der Waals surface area contributed by atoms with Crippen molar-refractivity contribution in [3.63, 3.8) is 0 Å². The molecule has 1 aromatic rings. The molecule has 0 amide bonds. The van der Waals surface area contributed by atoms with E-state index in [0.29, 0.717) is 31.1 Å². The summed E-state index contributed by atoms with van der Waals surface area (Å²) in [7, 11) is 0. The number of carbonyl (C=O) groups excluding carboxylic acids is 1. The summed E-state index contributed by atoms with van der Waals surface area (Å²) in [5.74, 6) is -0.205. The van der Waals surface area contributed by atoms with Gasteiger partial charge in [-0.1, -0.05) is 23.7 Å². The van der Waals surface area contributed by atoms with E-state index < -0.39 is 0 Å². The Bertz CT molecular complexity index is 485. The molecule has 4 nitrogen and oxygen atoms in total. The molecular weight excluding hydrogens is 292 g/mol. The van der Waals surface area contributed by atoms with Crippen LogP contribution in [0.1, 0.15) is 37.5 Å². The minimum atomic E-state index is -0.205. The van der Waals surface area contributed by atoms with E-state index in [1.807, 2.05) is 25.1 Å². The van der Waals surface area contributed by atoms with Crippen molar-refractivity contribution < 1.29 is 19.0 Å². The third-order valence-corrected chi connectivity index (χ3v) is 3.77. The Morgan fingerprint density at radius 1 is 1.52 bits per heavy atom. The Balaban J connectivity index is 2.01. The second-order valence-electron chi connectivity index (χ2n) is 5.04. The van der Waals surface area contributed by atoms with E-state index in [0.717, 1.165) is 17.7 Å². The molecule has 1 heterocycles. The number of hydrogen-bond acceptors (Lipinski definition) is 4. The molecule has 0 spiro atoms. The molecule has 1 aliphatic rings.